The molecule has 25 heavy (non-hydrogen) atoms. The molecule has 1 amide bonds. The number of amides is 1. The van der Waals surface area contributed by atoms with E-state index in [0.29, 0.717) is 23.6 Å². The van der Waals surface area contributed by atoms with Crippen LogP contribution in [0.5, 0.6) is 5.75 Å². The Hall–Kier alpha value is -2.82. The molecule has 2 rings (SSSR count). The van der Waals surface area contributed by atoms with E-state index in [1.165, 1.54) is 0 Å². The number of carbonyl (C=O) groups is 2. The normalized spacial score (nSPS) is 10.4. The van der Waals surface area contributed by atoms with E-state index < -0.39 is 5.97 Å². The summed E-state index contributed by atoms with van der Waals surface area (Å²) in [6.07, 6.45) is 0. The van der Waals surface area contributed by atoms with Gasteiger partial charge in [0.05, 0.1) is 5.56 Å². The van der Waals surface area contributed by atoms with Gasteiger partial charge in [-0.25, -0.2) is 4.79 Å². The van der Waals surface area contributed by atoms with Crippen molar-refractivity contribution < 1.29 is 19.1 Å². The lowest BCUT2D eigenvalue weighted by atomic mass is 10.1. The maximum atomic E-state index is 12.3. The summed E-state index contributed by atoms with van der Waals surface area (Å²) < 4.78 is 10.8. The van der Waals surface area contributed by atoms with Crippen molar-refractivity contribution in [1.82, 2.24) is 5.32 Å². The monoisotopic (exact) mass is 341 g/mol. The van der Waals surface area contributed by atoms with Crippen molar-refractivity contribution in [1.29, 1.82) is 0 Å². The first-order valence-corrected chi connectivity index (χ1v) is 8.26. The Bertz CT molecular complexity index is 698. The van der Waals surface area contributed by atoms with E-state index in [9.17, 15) is 9.59 Å². The number of carbonyl (C=O) groups excluding carboxylic acids is 2. The molecular formula is C20H23NO4. The van der Waals surface area contributed by atoms with Gasteiger partial charge in [-0.05, 0) is 24.1 Å². The third-order valence-corrected chi connectivity index (χ3v) is 3.42. The molecule has 132 valence electrons. The van der Waals surface area contributed by atoms with E-state index in [-0.39, 0.29) is 19.1 Å². The molecular weight excluding hydrogens is 318 g/mol. The second-order valence-electron chi connectivity index (χ2n) is 6.03. The predicted octanol–water partition coefficient (Wildman–Crippen LogP) is 3.19. The lowest BCUT2D eigenvalue weighted by Gasteiger charge is -2.11. The van der Waals surface area contributed by atoms with Crippen molar-refractivity contribution in [3.05, 3.63) is 65.7 Å². The molecule has 0 spiro atoms. The lowest BCUT2D eigenvalue weighted by molar-refractivity contribution is -0.124. The van der Waals surface area contributed by atoms with Crippen LogP contribution < -0.4 is 10.1 Å². The summed E-state index contributed by atoms with van der Waals surface area (Å²) in [7, 11) is 0. The summed E-state index contributed by atoms with van der Waals surface area (Å²) in [5.41, 5.74) is 1.11. The van der Waals surface area contributed by atoms with E-state index >= 15 is 0 Å². The third kappa shape index (κ3) is 6.30. The Kier molecular flexibility index (Phi) is 7.01. The molecule has 0 fully saturated rings. The highest BCUT2D eigenvalue weighted by molar-refractivity contribution is 5.92. The van der Waals surface area contributed by atoms with Gasteiger partial charge in [-0.2, -0.15) is 0 Å². The summed E-state index contributed by atoms with van der Waals surface area (Å²) in [6.45, 7) is 4.50. The second kappa shape index (κ2) is 9.47. The quantitative estimate of drug-likeness (QED) is 0.749. The molecule has 0 aliphatic rings. The number of esters is 1. The van der Waals surface area contributed by atoms with Crippen LogP contribution in [-0.4, -0.2) is 25.0 Å². The summed E-state index contributed by atoms with van der Waals surface area (Å²) in [6, 6.07) is 16.4. The van der Waals surface area contributed by atoms with Gasteiger partial charge in [-0.15, -0.1) is 0 Å². The fourth-order valence-corrected chi connectivity index (χ4v) is 2.10. The zero-order valence-electron chi connectivity index (χ0n) is 14.5. The first-order valence-electron chi connectivity index (χ1n) is 8.26. The van der Waals surface area contributed by atoms with E-state index in [2.05, 4.69) is 5.32 Å². The Morgan fingerprint density at radius 1 is 1.00 bits per heavy atom. The Labute approximate surface area is 148 Å². The van der Waals surface area contributed by atoms with Crippen molar-refractivity contribution in [3.63, 3.8) is 0 Å². The molecule has 0 unspecified atom stereocenters. The molecule has 0 bridgehead atoms. The molecule has 0 aromatic heterocycles. The molecule has 1 N–H and O–H groups in total. The van der Waals surface area contributed by atoms with Gasteiger partial charge in [0.25, 0.3) is 5.91 Å². The maximum Gasteiger partial charge on any atom is 0.339 e. The number of nitrogens with one attached hydrogen (secondary N) is 1. The minimum absolute atomic E-state index is 0.245. The van der Waals surface area contributed by atoms with E-state index in [0.717, 1.165) is 5.75 Å². The van der Waals surface area contributed by atoms with Crippen molar-refractivity contribution in [2.24, 2.45) is 5.92 Å². The largest absolute Gasteiger partial charge is 0.489 e. The molecule has 0 aliphatic heterocycles. The topological polar surface area (TPSA) is 64.6 Å². The van der Waals surface area contributed by atoms with Crippen molar-refractivity contribution >= 4 is 11.9 Å². The summed E-state index contributed by atoms with van der Waals surface area (Å²) in [5.74, 6) is 0.223. The van der Waals surface area contributed by atoms with Crippen LogP contribution in [0, 0.1) is 5.92 Å². The number of hydrogen-bond acceptors (Lipinski definition) is 4. The van der Waals surface area contributed by atoms with Crippen LogP contribution in [0.15, 0.2) is 54.6 Å². The minimum atomic E-state index is -0.535. The van der Waals surface area contributed by atoms with Gasteiger partial charge >= 0.3 is 5.97 Å². The standard InChI is InChI=1S/C20H23NO4/c1-15(2)12-21-19(22)14-25-20(23)18-11-7-6-8-16(18)13-24-17-9-4-3-5-10-17/h3-11,15H,12-14H2,1-2H3,(H,21,22). The molecule has 0 heterocycles. The van der Waals surface area contributed by atoms with Gasteiger partial charge < -0.3 is 14.8 Å². The maximum absolute atomic E-state index is 12.3. The van der Waals surface area contributed by atoms with Gasteiger partial charge in [-0.1, -0.05) is 50.2 Å². The molecule has 0 radical (unpaired) electrons. The van der Waals surface area contributed by atoms with Crippen LogP contribution in [0.4, 0.5) is 0 Å². The molecule has 0 atom stereocenters. The molecule has 0 aliphatic carbocycles. The fourth-order valence-electron chi connectivity index (χ4n) is 2.10. The van der Waals surface area contributed by atoms with E-state index in [1.807, 2.05) is 50.2 Å². The zero-order valence-corrected chi connectivity index (χ0v) is 14.5. The van der Waals surface area contributed by atoms with Crippen molar-refractivity contribution in [2.75, 3.05) is 13.2 Å². The first-order chi connectivity index (χ1) is 12.1. The van der Waals surface area contributed by atoms with E-state index in [1.54, 1.807) is 18.2 Å². The van der Waals surface area contributed by atoms with Crippen molar-refractivity contribution in [2.45, 2.75) is 20.5 Å². The average molecular weight is 341 g/mol. The third-order valence-electron chi connectivity index (χ3n) is 3.42. The highest BCUT2D eigenvalue weighted by Gasteiger charge is 2.14. The first kappa shape index (κ1) is 18.5. The van der Waals surface area contributed by atoms with Gasteiger partial charge in [0.1, 0.15) is 12.4 Å². The molecule has 5 heteroatoms. The predicted molar refractivity (Wildman–Crippen MR) is 95.3 cm³/mol. The van der Waals surface area contributed by atoms with Crippen LogP contribution in [0.1, 0.15) is 29.8 Å². The Morgan fingerprint density at radius 3 is 2.40 bits per heavy atom. The van der Waals surface area contributed by atoms with Crippen LogP contribution in [-0.2, 0) is 16.1 Å². The molecule has 0 saturated heterocycles. The van der Waals surface area contributed by atoms with Gasteiger partial charge in [0.2, 0.25) is 0 Å². The van der Waals surface area contributed by atoms with Gasteiger partial charge in [-0.3, -0.25) is 4.79 Å². The second-order valence-corrected chi connectivity index (χ2v) is 6.03. The molecule has 0 saturated carbocycles. The Morgan fingerprint density at radius 2 is 1.68 bits per heavy atom. The van der Waals surface area contributed by atoms with Crippen LogP contribution in [0.25, 0.3) is 0 Å². The molecule has 2 aromatic rings. The van der Waals surface area contributed by atoms with Crippen LogP contribution >= 0.6 is 0 Å². The number of hydrogen-bond donors (Lipinski definition) is 1. The smallest absolute Gasteiger partial charge is 0.339 e. The summed E-state index contributed by atoms with van der Waals surface area (Å²) in [5, 5.41) is 2.71. The van der Waals surface area contributed by atoms with Gasteiger partial charge in [0.15, 0.2) is 6.61 Å². The van der Waals surface area contributed by atoms with E-state index in [4.69, 9.17) is 9.47 Å². The lowest BCUT2D eigenvalue weighted by Crippen LogP contribution is -2.31. The highest BCUT2D eigenvalue weighted by Crippen LogP contribution is 2.15. The SMILES string of the molecule is CC(C)CNC(=O)COC(=O)c1ccccc1COc1ccccc1. The number of ether oxygens (including phenoxy) is 2. The number of para-hydroxylation sites is 1. The highest BCUT2D eigenvalue weighted by atomic mass is 16.5. The molecule has 5 nitrogen and oxygen atoms in total. The van der Waals surface area contributed by atoms with Crippen LogP contribution in [0.3, 0.4) is 0 Å². The minimum Gasteiger partial charge on any atom is -0.489 e. The van der Waals surface area contributed by atoms with Crippen LogP contribution in [0.2, 0.25) is 0 Å². The number of benzene rings is 2. The number of rotatable bonds is 8. The summed E-state index contributed by atoms with van der Waals surface area (Å²) >= 11 is 0. The van der Waals surface area contributed by atoms with Crippen molar-refractivity contribution in [3.8, 4) is 5.75 Å². The molecule has 2 aromatic carbocycles. The van der Waals surface area contributed by atoms with Gasteiger partial charge in [0, 0.05) is 12.1 Å². The fraction of sp³-hybridized carbons (Fsp3) is 0.300. The Balaban J connectivity index is 1.92. The summed E-state index contributed by atoms with van der Waals surface area (Å²) in [4.78, 5) is 23.9. The average Bonchev–Trinajstić information content (AvgIpc) is 2.63. The zero-order chi connectivity index (χ0) is 18.1.